The maximum absolute atomic E-state index is 11.9. The second-order valence-corrected chi connectivity index (χ2v) is 6.00. The lowest BCUT2D eigenvalue weighted by Crippen LogP contribution is -2.52. The molecule has 2 N–H and O–H groups in total. The molecule has 2 rings (SSSR count). The predicted molar refractivity (Wildman–Crippen MR) is 86.2 cm³/mol. The molecule has 1 aliphatic rings. The average molecular weight is 370 g/mol. The number of carbonyl (C=O) groups is 2. The van der Waals surface area contributed by atoms with Gasteiger partial charge in [0.15, 0.2) is 0 Å². The summed E-state index contributed by atoms with van der Waals surface area (Å²) < 4.78 is 5.90. The third-order valence-corrected chi connectivity index (χ3v) is 4.13. The number of nitrogens with two attached hydrogens (primary N) is 1. The Morgan fingerprint density at radius 3 is 2.55 bits per heavy atom. The van der Waals surface area contributed by atoms with Crippen LogP contribution in [0.4, 0.5) is 4.79 Å². The fourth-order valence-corrected chi connectivity index (χ4v) is 3.03. The number of amides is 2. The molecule has 0 spiro atoms. The molecule has 7 heteroatoms. The largest absolute Gasteiger partial charge is 0.450 e. The van der Waals surface area contributed by atoms with E-state index in [1.165, 1.54) is 0 Å². The number of primary amides is 1. The summed E-state index contributed by atoms with van der Waals surface area (Å²) in [5.74, 6) is -0.386. The van der Waals surface area contributed by atoms with Crippen molar-refractivity contribution in [3.63, 3.8) is 0 Å². The van der Waals surface area contributed by atoms with Crippen LogP contribution in [0.5, 0.6) is 0 Å². The van der Waals surface area contributed by atoms with Gasteiger partial charge in [-0.25, -0.2) is 4.79 Å². The van der Waals surface area contributed by atoms with Crippen LogP contribution < -0.4 is 5.73 Å². The Hall–Kier alpha value is -1.60. The minimum Gasteiger partial charge on any atom is -0.450 e. The van der Waals surface area contributed by atoms with Gasteiger partial charge < -0.3 is 15.4 Å². The molecule has 1 saturated heterocycles. The molecule has 1 aromatic carbocycles. The monoisotopic (exact) mass is 369 g/mol. The highest BCUT2D eigenvalue weighted by Gasteiger charge is 2.30. The molecule has 0 unspecified atom stereocenters. The Balaban J connectivity index is 2.06. The van der Waals surface area contributed by atoms with Crippen molar-refractivity contribution in [1.29, 1.82) is 0 Å². The van der Waals surface area contributed by atoms with E-state index in [1.54, 1.807) is 11.8 Å². The number of carbonyl (C=O) groups excluding carboxylic acids is 2. The molecule has 0 aromatic heterocycles. The van der Waals surface area contributed by atoms with Gasteiger partial charge in [0.05, 0.1) is 6.61 Å². The maximum atomic E-state index is 11.9. The number of hydrogen-bond acceptors (Lipinski definition) is 4. The van der Waals surface area contributed by atoms with E-state index in [0.717, 1.165) is 10.0 Å². The number of halogens is 1. The van der Waals surface area contributed by atoms with Crippen LogP contribution >= 0.6 is 15.9 Å². The van der Waals surface area contributed by atoms with Crippen molar-refractivity contribution in [3.05, 3.63) is 34.3 Å². The molecular formula is C15H20BrN3O3. The summed E-state index contributed by atoms with van der Waals surface area (Å²) in [5.41, 5.74) is 6.44. The van der Waals surface area contributed by atoms with Crippen LogP contribution in [-0.2, 0) is 9.53 Å². The van der Waals surface area contributed by atoms with Gasteiger partial charge in [-0.15, -0.1) is 0 Å². The van der Waals surface area contributed by atoms with Crippen LogP contribution in [0.25, 0.3) is 0 Å². The van der Waals surface area contributed by atoms with Gasteiger partial charge in [-0.1, -0.05) is 28.1 Å². The summed E-state index contributed by atoms with van der Waals surface area (Å²) in [5, 5.41) is 0. The zero-order chi connectivity index (χ0) is 16.1. The van der Waals surface area contributed by atoms with Crippen LogP contribution in [0.1, 0.15) is 18.5 Å². The number of hydrogen-bond donors (Lipinski definition) is 1. The second-order valence-electron chi connectivity index (χ2n) is 5.08. The van der Waals surface area contributed by atoms with E-state index in [2.05, 4.69) is 15.9 Å². The van der Waals surface area contributed by atoms with E-state index < -0.39 is 6.04 Å². The molecule has 0 bridgehead atoms. The number of rotatable bonds is 4. The van der Waals surface area contributed by atoms with Crippen LogP contribution in [0.3, 0.4) is 0 Å². The third kappa shape index (κ3) is 3.98. The lowest BCUT2D eigenvalue weighted by atomic mass is 10.0. The second kappa shape index (κ2) is 7.60. The van der Waals surface area contributed by atoms with Crippen molar-refractivity contribution in [3.8, 4) is 0 Å². The Morgan fingerprint density at radius 2 is 2.00 bits per heavy atom. The number of piperazine rings is 1. The van der Waals surface area contributed by atoms with Gasteiger partial charge >= 0.3 is 6.09 Å². The summed E-state index contributed by atoms with van der Waals surface area (Å²) >= 11 is 3.41. The van der Waals surface area contributed by atoms with E-state index in [1.807, 2.05) is 29.2 Å². The van der Waals surface area contributed by atoms with Crippen molar-refractivity contribution in [2.24, 2.45) is 5.73 Å². The number of benzene rings is 1. The first-order valence-corrected chi connectivity index (χ1v) is 8.02. The molecule has 120 valence electrons. The van der Waals surface area contributed by atoms with E-state index in [0.29, 0.717) is 32.8 Å². The minimum atomic E-state index is -0.484. The van der Waals surface area contributed by atoms with Gasteiger partial charge in [0.1, 0.15) is 6.04 Å². The van der Waals surface area contributed by atoms with Crippen molar-refractivity contribution < 1.29 is 14.3 Å². The molecule has 6 nitrogen and oxygen atoms in total. The lowest BCUT2D eigenvalue weighted by molar-refractivity contribution is -0.124. The van der Waals surface area contributed by atoms with Gasteiger partial charge in [0.2, 0.25) is 5.91 Å². The molecule has 2 amide bonds. The summed E-state index contributed by atoms with van der Waals surface area (Å²) in [6.45, 7) is 4.36. The molecule has 0 radical (unpaired) electrons. The predicted octanol–water partition coefficient (Wildman–Crippen LogP) is 1.75. The first-order valence-electron chi connectivity index (χ1n) is 7.23. The van der Waals surface area contributed by atoms with Gasteiger partial charge in [0.25, 0.3) is 0 Å². The number of nitrogens with zero attached hydrogens (tertiary/aromatic N) is 2. The zero-order valence-electron chi connectivity index (χ0n) is 12.5. The van der Waals surface area contributed by atoms with Crippen LogP contribution in [-0.4, -0.2) is 54.6 Å². The topological polar surface area (TPSA) is 75.9 Å². The fourth-order valence-electron chi connectivity index (χ4n) is 2.61. The Labute approximate surface area is 138 Å². The van der Waals surface area contributed by atoms with Gasteiger partial charge in [-0.05, 0) is 24.6 Å². The molecule has 1 aliphatic heterocycles. The van der Waals surface area contributed by atoms with Gasteiger partial charge in [-0.2, -0.15) is 0 Å². The minimum absolute atomic E-state index is 0.305. The maximum Gasteiger partial charge on any atom is 0.409 e. The van der Waals surface area contributed by atoms with Crippen LogP contribution in [0.15, 0.2) is 28.7 Å². The van der Waals surface area contributed by atoms with Gasteiger partial charge in [-0.3, -0.25) is 9.69 Å². The fraction of sp³-hybridized carbons (Fsp3) is 0.467. The molecule has 0 aliphatic carbocycles. The summed E-state index contributed by atoms with van der Waals surface area (Å²) in [7, 11) is 0. The van der Waals surface area contributed by atoms with E-state index in [-0.39, 0.29) is 12.0 Å². The molecule has 1 aromatic rings. The van der Waals surface area contributed by atoms with E-state index in [9.17, 15) is 9.59 Å². The van der Waals surface area contributed by atoms with Crippen molar-refractivity contribution in [1.82, 2.24) is 9.80 Å². The smallest absolute Gasteiger partial charge is 0.409 e. The molecular weight excluding hydrogens is 350 g/mol. The zero-order valence-corrected chi connectivity index (χ0v) is 14.1. The molecule has 1 heterocycles. The van der Waals surface area contributed by atoms with Crippen LogP contribution in [0, 0.1) is 0 Å². The van der Waals surface area contributed by atoms with E-state index in [4.69, 9.17) is 10.5 Å². The molecule has 0 saturated carbocycles. The van der Waals surface area contributed by atoms with Crippen molar-refractivity contribution in [2.45, 2.75) is 13.0 Å². The summed E-state index contributed by atoms with van der Waals surface area (Å²) in [4.78, 5) is 27.3. The molecule has 22 heavy (non-hydrogen) atoms. The number of ether oxygens (including phenoxy) is 1. The SMILES string of the molecule is CCOC(=O)N1CCN([C@@H](C(N)=O)c2cccc(Br)c2)CC1. The Morgan fingerprint density at radius 1 is 1.32 bits per heavy atom. The average Bonchev–Trinajstić information content (AvgIpc) is 2.48. The first-order chi connectivity index (χ1) is 10.5. The Kier molecular flexibility index (Phi) is 5.79. The lowest BCUT2D eigenvalue weighted by Gasteiger charge is -2.37. The Bertz CT molecular complexity index is 545. The highest BCUT2D eigenvalue weighted by atomic mass is 79.9. The molecule has 1 atom stereocenters. The van der Waals surface area contributed by atoms with Gasteiger partial charge in [0, 0.05) is 30.7 Å². The summed E-state index contributed by atoms with van der Waals surface area (Å²) in [6.07, 6.45) is -0.305. The highest BCUT2D eigenvalue weighted by molar-refractivity contribution is 9.10. The van der Waals surface area contributed by atoms with E-state index >= 15 is 0 Å². The summed E-state index contributed by atoms with van der Waals surface area (Å²) in [6, 6.07) is 7.08. The first kappa shape index (κ1) is 16.8. The quantitative estimate of drug-likeness (QED) is 0.876. The third-order valence-electron chi connectivity index (χ3n) is 3.64. The van der Waals surface area contributed by atoms with Crippen molar-refractivity contribution in [2.75, 3.05) is 32.8 Å². The van der Waals surface area contributed by atoms with Crippen molar-refractivity contribution >= 4 is 27.9 Å². The highest BCUT2D eigenvalue weighted by Crippen LogP contribution is 2.24. The van der Waals surface area contributed by atoms with Crippen LogP contribution in [0.2, 0.25) is 0 Å². The normalized spacial score (nSPS) is 17.1. The molecule has 1 fully saturated rings. The standard InChI is InChI=1S/C15H20BrN3O3/c1-2-22-15(21)19-8-6-18(7-9-19)13(14(17)20)11-4-3-5-12(16)10-11/h3-5,10,13H,2,6-9H2,1H3,(H2,17,20)/t13-/m1/s1.